The summed E-state index contributed by atoms with van der Waals surface area (Å²) >= 11 is 11.4. The SMILES string of the molecule is COc1ccc(Cl)cc1-c1nc(S/C(=C\c2cc(I)c(OC(C)C)c(I)c2)C(=O)O)n[nH]1. The second-order valence-electron chi connectivity index (χ2n) is 6.71. The first kappa shape index (κ1) is 25.1. The van der Waals surface area contributed by atoms with Gasteiger partial charge in [0.25, 0.3) is 0 Å². The zero-order chi connectivity index (χ0) is 23.4. The second-order valence-corrected chi connectivity index (χ2v) is 10.5. The lowest BCUT2D eigenvalue weighted by molar-refractivity contribution is -0.131. The van der Waals surface area contributed by atoms with E-state index in [0.717, 1.165) is 30.2 Å². The number of thioether (sulfide) groups is 1. The van der Waals surface area contributed by atoms with Crippen molar-refractivity contribution in [1.29, 1.82) is 0 Å². The molecule has 0 fully saturated rings. The quantitative estimate of drug-likeness (QED) is 0.161. The fourth-order valence-corrected chi connectivity index (χ4v) is 5.62. The first-order chi connectivity index (χ1) is 15.2. The van der Waals surface area contributed by atoms with Crippen molar-refractivity contribution >= 4 is 80.6 Å². The molecule has 0 radical (unpaired) electrons. The van der Waals surface area contributed by atoms with Gasteiger partial charge in [0.05, 0.1) is 25.9 Å². The van der Waals surface area contributed by atoms with Crippen molar-refractivity contribution in [3.05, 3.63) is 53.0 Å². The number of ether oxygens (including phenoxy) is 2. The number of aromatic nitrogens is 3. The molecule has 0 atom stereocenters. The molecule has 3 rings (SSSR count). The van der Waals surface area contributed by atoms with Crippen LogP contribution in [0.1, 0.15) is 19.4 Å². The van der Waals surface area contributed by atoms with Crippen LogP contribution >= 0.6 is 68.5 Å². The number of nitrogens with one attached hydrogen (secondary N) is 1. The van der Waals surface area contributed by atoms with E-state index < -0.39 is 5.97 Å². The molecule has 0 saturated heterocycles. The number of H-pyrrole nitrogens is 1. The summed E-state index contributed by atoms with van der Waals surface area (Å²) in [6, 6.07) is 8.90. The maximum absolute atomic E-state index is 11.9. The largest absolute Gasteiger partial charge is 0.496 e. The standard InChI is InChI=1S/C21H18ClI2N3O4S/c1-10(2)31-18-14(23)6-11(7-15(18)24)8-17(20(28)29)32-21-25-19(26-27-21)13-9-12(22)4-5-16(13)30-3/h4-10H,1-3H3,(H,28,29)(H,25,26,27)/b17-8-. The molecule has 2 N–H and O–H groups in total. The highest BCUT2D eigenvalue weighted by molar-refractivity contribution is 14.1. The first-order valence-electron chi connectivity index (χ1n) is 9.22. The number of benzene rings is 2. The summed E-state index contributed by atoms with van der Waals surface area (Å²) in [6.45, 7) is 3.92. The summed E-state index contributed by atoms with van der Waals surface area (Å²) in [7, 11) is 1.55. The Balaban J connectivity index is 1.90. The molecule has 3 aromatic rings. The lowest BCUT2D eigenvalue weighted by Gasteiger charge is -2.14. The minimum Gasteiger partial charge on any atom is -0.496 e. The van der Waals surface area contributed by atoms with Gasteiger partial charge in [0, 0.05) is 5.02 Å². The van der Waals surface area contributed by atoms with E-state index in [1.807, 2.05) is 26.0 Å². The van der Waals surface area contributed by atoms with Crippen LogP contribution in [-0.2, 0) is 4.79 Å². The highest BCUT2D eigenvalue weighted by Crippen LogP contribution is 2.34. The van der Waals surface area contributed by atoms with Gasteiger partial charge in [0.15, 0.2) is 5.82 Å². The van der Waals surface area contributed by atoms with E-state index in [1.165, 1.54) is 0 Å². The van der Waals surface area contributed by atoms with Crippen LogP contribution in [-0.4, -0.2) is 39.5 Å². The highest BCUT2D eigenvalue weighted by atomic mass is 127. The zero-order valence-electron chi connectivity index (χ0n) is 17.1. The van der Waals surface area contributed by atoms with Gasteiger partial charge in [-0.25, -0.2) is 9.78 Å². The van der Waals surface area contributed by atoms with Crippen LogP contribution in [0.5, 0.6) is 11.5 Å². The van der Waals surface area contributed by atoms with Gasteiger partial charge in [-0.05, 0) is 113 Å². The van der Waals surface area contributed by atoms with Gasteiger partial charge in [0.1, 0.15) is 16.4 Å². The molecule has 2 aromatic carbocycles. The lowest BCUT2D eigenvalue weighted by atomic mass is 10.2. The smallest absolute Gasteiger partial charge is 0.342 e. The Labute approximate surface area is 221 Å². The third-order valence-corrected chi connectivity index (χ3v) is 6.68. The summed E-state index contributed by atoms with van der Waals surface area (Å²) in [5, 5.41) is 17.5. The summed E-state index contributed by atoms with van der Waals surface area (Å²) in [5.74, 6) is 0.714. The average Bonchev–Trinajstić information content (AvgIpc) is 3.18. The fraction of sp³-hybridized carbons (Fsp3) is 0.190. The Morgan fingerprint density at radius 2 is 1.94 bits per heavy atom. The molecular weight excluding hydrogens is 680 g/mol. The Bertz CT molecular complexity index is 1160. The van der Waals surface area contributed by atoms with Crippen molar-refractivity contribution in [3.8, 4) is 22.9 Å². The summed E-state index contributed by atoms with van der Waals surface area (Å²) in [4.78, 5) is 16.4. The van der Waals surface area contributed by atoms with E-state index in [2.05, 4.69) is 60.4 Å². The number of hydrogen-bond acceptors (Lipinski definition) is 6. The topological polar surface area (TPSA) is 97.3 Å². The van der Waals surface area contributed by atoms with Crippen LogP contribution in [0.3, 0.4) is 0 Å². The molecule has 7 nitrogen and oxygen atoms in total. The van der Waals surface area contributed by atoms with Gasteiger partial charge in [-0.3, -0.25) is 5.10 Å². The van der Waals surface area contributed by atoms with Gasteiger partial charge < -0.3 is 14.6 Å². The molecule has 11 heteroatoms. The number of carboxylic acid groups (broad SMARTS) is 1. The molecule has 0 aliphatic heterocycles. The molecule has 0 amide bonds. The number of nitrogens with zero attached hydrogens (tertiary/aromatic N) is 2. The number of aliphatic carboxylic acids is 1. The lowest BCUT2D eigenvalue weighted by Crippen LogP contribution is -2.08. The number of methoxy groups -OCH3 is 1. The molecule has 0 unspecified atom stereocenters. The number of halogens is 3. The van der Waals surface area contributed by atoms with Crippen LogP contribution in [0.4, 0.5) is 0 Å². The van der Waals surface area contributed by atoms with E-state index >= 15 is 0 Å². The number of aromatic amines is 1. The van der Waals surface area contributed by atoms with Gasteiger partial charge in [-0.15, -0.1) is 5.10 Å². The first-order valence-corrected chi connectivity index (χ1v) is 12.6. The van der Waals surface area contributed by atoms with Crippen molar-refractivity contribution in [2.75, 3.05) is 7.11 Å². The van der Waals surface area contributed by atoms with Crippen LogP contribution < -0.4 is 9.47 Å². The molecule has 0 bridgehead atoms. The Hall–Kier alpha value is -1.51. The van der Waals surface area contributed by atoms with Crippen LogP contribution in [0, 0.1) is 7.14 Å². The van der Waals surface area contributed by atoms with E-state index in [9.17, 15) is 9.90 Å². The number of carboxylic acids is 1. The Morgan fingerprint density at radius 3 is 2.53 bits per heavy atom. The third-order valence-electron chi connectivity index (χ3n) is 3.97. The van der Waals surface area contributed by atoms with Gasteiger partial charge in [-0.2, -0.15) is 0 Å². The van der Waals surface area contributed by atoms with E-state index in [4.69, 9.17) is 21.1 Å². The predicted molar refractivity (Wildman–Crippen MR) is 142 cm³/mol. The van der Waals surface area contributed by atoms with Gasteiger partial charge in [-0.1, -0.05) is 11.6 Å². The van der Waals surface area contributed by atoms with E-state index in [1.54, 1.807) is 31.4 Å². The highest BCUT2D eigenvalue weighted by Gasteiger charge is 2.17. The van der Waals surface area contributed by atoms with Crippen molar-refractivity contribution in [2.24, 2.45) is 0 Å². The van der Waals surface area contributed by atoms with Gasteiger partial charge in [0.2, 0.25) is 5.16 Å². The van der Waals surface area contributed by atoms with Gasteiger partial charge >= 0.3 is 5.97 Å². The van der Waals surface area contributed by atoms with Crippen molar-refractivity contribution in [3.63, 3.8) is 0 Å². The summed E-state index contributed by atoms with van der Waals surface area (Å²) < 4.78 is 13.0. The minimum atomic E-state index is -1.07. The number of hydrogen-bond donors (Lipinski definition) is 2. The maximum Gasteiger partial charge on any atom is 0.342 e. The summed E-state index contributed by atoms with van der Waals surface area (Å²) in [5.41, 5.74) is 1.37. The minimum absolute atomic E-state index is 0.0432. The van der Waals surface area contributed by atoms with E-state index in [-0.39, 0.29) is 16.2 Å². The molecule has 0 aliphatic rings. The molecule has 0 spiro atoms. The Morgan fingerprint density at radius 1 is 1.25 bits per heavy atom. The average molecular weight is 698 g/mol. The fourth-order valence-electron chi connectivity index (χ4n) is 2.67. The molecule has 0 aliphatic carbocycles. The molecule has 1 heterocycles. The molecule has 32 heavy (non-hydrogen) atoms. The number of rotatable bonds is 8. The van der Waals surface area contributed by atoms with Crippen molar-refractivity contribution in [1.82, 2.24) is 15.2 Å². The second kappa shape index (κ2) is 11.1. The monoisotopic (exact) mass is 697 g/mol. The normalized spacial score (nSPS) is 11.7. The third kappa shape index (κ3) is 6.29. The van der Waals surface area contributed by atoms with Crippen LogP contribution in [0.25, 0.3) is 17.5 Å². The predicted octanol–water partition coefficient (Wildman–Crippen LogP) is 6.35. The molecule has 1 aromatic heterocycles. The van der Waals surface area contributed by atoms with Crippen molar-refractivity contribution < 1.29 is 19.4 Å². The summed E-state index contributed by atoms with van der Waals surface area (Å²) in [6.07, 6.45) is 1.63. The Kier molecular flexibility index (Phi) is 8.69. The zero-order valence-corrected chi connectivity index (χ0v) is 23.0. The maximum atomic E-state index is 11.9. The molecule has 0 saturated carbocycles. The number of carbonyl (C=O) groups is 1. The van der Waals surface area contributed by atoms with Crippen molar-refractivity contribution in [2.45, 2.75) is 25.1 Å². The van der Waals surface area contributed by atoms with E-state index in [0.29, 0.717) is 22.2 Å². The molecular formula is C21H18ClI2N3O4S. The van der Waals surface area contributed by atoms with Crippen LogP contribution in [0.15, 0.2) is 40.4 Å². The molecule has 168 valence electrons. The van der Waals surface area contributed by atoms with Crippen LogP contribution in [0.2, 0.25) is 5.02 Å².